The zero-order valence-electron chi connectivity index (χ0n) is 10.4. The molecule has 0 aliphatic carbocycles. The summed E-state index contributed by atoms with van der Waals surface area (Å²) in [4.78, 5) is 0.0750. The maximum atomic E-state index is 11.6. The molecular formula is C12H10ClN3O3S. The fourth-order valence-electron chi connectivity index (χ4n) is 2.09. The van der Waals surface area contributed by atoms with Crippen molar-refractivity contribution in [2.75, 3.05) is 0 Å². The van der Waals surface area contributed by atoms with E-state index in [1.807, 2.05) is 12.1 Å². The smallest absolute Gasteiger partial charge is 0.263 e. The van der Waals surface area contributed by atoms with Crippen LogP contribution in [0.25, 0.3) is 10.9 Å². The average Bonchev–Trinajstić information content (AvgIpc) is 2.94. The topological polar surface area (TPSA) is 78.0 Å². The van der Waals surface area contributed by atoms with E-state index in [-0.39, 0.29) is 11.4 Å². The number of aromatic nitrogens is 3. The predicted octanol–water partition coefficient (Wildman–Crippen LogP) is 2.31. The second kappa shape index (κ2) is 4.60. The van der Waals surface area contributed by atoms with E-state index in [4.69, 9.17) is 15.1 Å². The van der Waals surface area contributed by atoms with Crippen LogP contribution >= 0.6 is 10.7 Å². The molecule has 0 unspecified atom stereocenters. The number of halogens is 1. The lowest BCUT2D eigenvalue weighted by Gasteiger charge is -2.00. The van der Waals surface area contributed by atoms with E-state index in [1.54, 1.807) is 23.6 Å². The number of fused-ring (bicyclic) bond motifs is 1. The van der Waals surface area contributed by atoms with Gasteiger partial charge in [0.2, 0.25) is 11.8 Å². The van der Waals surface area contributed by atoms with Gasteiger partial charge < -0.3 is 8.98 Å². The summed E-state index contributed by atoms with van der Waals surface area (Å²) in [6, 6.07) is 7.10. The summed E-state index contributed by atoms with van der Waals surface area (Å²) in [5.41, 5.74) is 0.738. The predicted molar refractivity (Wildman–Crippen MR) is 73.1 cm³/mol. The number of benzene rings is 1. The van der Waals surface area contributed by atoms with Crippen molar-refractivity contribution in [2.24, 2.45) is 0 Å². The van der Waals surface area contributed by atoms with Crippen LogP contribution in [0.1, 0.15) is 11.8 Å². The summed E-state index contributed by atoms with van der Waals surface area (Å²) in [5.74, 6) is 0.864. The number of para-hydroxylation sites is 1. The van der Waals surface area contributed by atoms with Crippen LogP contribution in [0.2, 0.25) is 0 Å². The van der Waals surface area contributed by atoms with Crippen molar-refractivity contribution in [3.8, 4) is 0 Å². The molecular weight excluding hydrogens is 302 g/mol. The van der Waals surface area contributed by atoms with Gasteiger partial charge in [0.05, 0.1) is 0 Å². The van der Waals surface area contributed by atoms with Gasteiger partial charge >= 0.3 is 0 Å². The van der Waals surface area contributed by atoms with Gasteiger partial charge in [-0.25, -0.2) is 8.42 Å². The van der Waals surface area contributed by atoms with Gasteiger partial charge in [0.1, 0.15) is 11.4 Å². The molecule has 0 aliphatic rings. The van der Waals surface area contributed by atoms with Crippen molar-refractivity contribution in [3.05, 3.63) is 42.2 Å². The molecule has 0 atom stereocenters. The first-order valence-electron chi connectivity index (χ1n) is 5.76. The van der Waals surface area contributed by atoms with E-state index in [2.05, 4.69) is 10.2 Å². The minimum Gasteiger partial charge on any atom is -0.424 e. The number of hydrogen-bond donors (Lipinski definition) is 0. The maximum absolute atomic E-state index is 11.6. The molecule has 0 saturated carbocycles. The monoisotopic (exact) mass is 311 g/mol. The Morgan fingerprint density at radius 1 is 1.30 bits per heavy atom. The third-order valence-electron chi connectivity index (χ3n) is 2.89. The first kappa shape index (κ1) is 13.1. The summed E-state index contributed by atoms with van der Waals surface area (Å²) in [5, 5.41) is 8.21. The molecule has 0 radical (unpaired) electrons. The van der Waals surface area contributed by atoms with Crippen LogP contribution in [-0.4, -0.2) is 23.2 Å². The third-order valence-corrected chi connectivity index (χ3v) is 4.24. The van der Waals surface area contributed by atoms with Crippen LogP contribution in [0.5, 0.6) is 0 Å². The summed E-state index contributed by atoms with van der Waals surface area (Å²) >= 11 is 0. The highest BCUT2D eigenvalue weighted by atomic mass is 35.7. The Labute approximate surface area is 119 Å². The molecule has 8 heteroatoms. The normalized spacial score (nSPS) is 12.1. The standard InChI is InChI=1S/C12H10ClN3O3S/c1-8-14-15-12(19-8)7-16-6-11(20(13,17)18)9-4-2-3-5-10(9)16/h2-6H,7H2,1H3. The molecule has 2 aromatic heterocycles. The molecule has 0 N–H and O–H groups in total. The molecule has 0 bridgehead atoms. The van der Waals surface area contributed by atoms with Crippen molar-refractivity contribution in [1.82, 2.24) is 14.8 Å². The average molecular weight is 312 g/mol. The summed E-state index contributed by atoms with van der Waals surface area (Å²) in [7, 11) is 1.65. The molecule has 0 amide bonds. The van der Waals surface area contributed by atoms with Crippen molar-refractivity contribution < 1.29 is 12.8 Å². The van der Waals surface area contributed by atoms with E-state index in [9.17, 15) is 8.42 Å². The molecule has 0 fully saturated rings. The summed E-state index contributed by atoms with van der Waals surface area (Å²) in [6.07, 6.45) is 1.48. The van der Waals surface area contributed by atoms with Crippen molar-refractivity contribution in [1.29, 1.82) is 0 Å². The molecule has 2 heterocycles. The first-order chi connectivity index (χ1) is 9.45. The highest BCUT2D eigenvalue weighted by molar-refractivity contribution is 8.14. The van der Waals surface area contributed by atoms with Crippen LogP contribution in [0, 0.1) is 6.92 Å². The van der Waals surface area contributed by atoms with E-state index >= 15 is 0 Å². The molecule has 3 rings (SSSR count). The van der Waals surface area contributed by atoms with Gasteiger partial charge in [0, 0.05) is 34.7 Å². The van der Waals surface area contributed by atoms with Crippen LogP contribution in [0.4, 0.5) is 0 Å². The highest BCUT2D eigenvalue weighted by Crippen LogP contribution is 2.28. The quantitative estimate of drug-likeness (QED) is 0.694. The van der Waals surface area contributed by atoms with Crippen molar-refractivity contribution >= 4 is 30.6 Å². The van der Waals surface area contributed by atoms with Gasteiger partial charge in [-0.15, -0.1) is 10.2 Å². The minimum absolute atomic E-state index is 0.0750. The molecule has 104 valence electrons. The van der Waals surface area contributed by atoms with Gasteiger partial charge in [0.15, 0.2) is 0 Å². The van der Waals surface area contributed by atoms with E-state index in [0.29, 0.717) is 17.2 Å². The second-order valence-corrected chi connectivity index (χ2v) is 6.83. The lowest BCUT2D eigenvalue weighted by atomic mass is 10.2. The molecule has 6 nitrogen and oxygen atoms in total. The Morgan fingerprint density at radius 2 is 2.05 bits per heavy atom. The van der Waals surface area contributed by atoms with Crippen molar-refractivity contribution in [2.45, 2.75) is 18.4 Å². The number of nitrogens with zero attached hydrogens (tertiary/aromatic N) is 3. The molecule has 0 saturated heterocycles. The van der Waals surface area contributed by atoms with Crippen LogP contribution in [-0.2, 0) is 15.6 Å². The van der Waals surface area contributed by atoms with E-state index in [1.165, 1.54) is 6.20 Å². The van der Waals surface area contributed by atoms with E-state index in [0.717, 1.165) is 5.52 Å². The first-order valence-corrected chi connectivity index (χ1v) is 8.07. The van der Waals surface area contributed by atoms with Crippen LogP contribution < -0.4 is 0 Å². The fraction of sp³-hybridized carbons (Fsp3) is 0.167. The molecule has 1 aromatic carbocycles. The Morgan fingerprint density at radius 3 is 2.70 bits per heavy atom. The maximum Gasteiger partial charge on any atom is 0.263 e. The number of aryl methyl sites for hydroxylation is 1. The number of hydrogen-bond acceptors (Lipinski definition) is 5. The SMILES string of the molecule is Cc1nnc(Cn2cc(S(=O)(=O)Cl)c3ccccc32)o1. The van der Waals surface area contributed by atoms with Gasteiger partial charge in [0.25, 0.3) is 9.05 Å². The number of rotatable bonds is 3. The third kappa shape index (κ3) is 2.30. The molecule has 20 heavy (non-hydrogen) atoms. The Bertz CT molecular complexity index is 882. The Hall–Kier alpha value is -1.86. The zero-order valence-corrected chi connectivity index (χ0v) is 12.0. The largest absolute Gasteiger partial charge is 0.424 e. The van der Waals surface area contributed by atoms with Gasteiger partial charge in [-0.2, -0.15) is 0 Å². The summed E-state index contributed by atoms with van der Waals surface area (Å²) in [6.45, 7) is 1.98. The van der Waals surface area contributed by atoms with Gasteiger partial charge in [-0.05, 0) is 6.07 Å². The van der Waals surface area contributed by atoms with Crippen molar-refractivity contribution in [3.63, 3.8) is 0 Å². The lowest BCUT2D eigenvalue weighted by Crippen LogP contribution is -1.98. The Balaban J connectivity index is 2.16. The second-order valence-electron chi connectivity index (χ2n) is 4.29. The van der Waals surface area contributed by atoms with Crippen LogP contribution in [0.3, 0.4) is 0 Å². The fourth-order valence-corrected chi connectivity index (χ4v) is 3.14. The Kier molecular flexibility index (Phi) is 3.02. The lowest BCUT2D eigenvalue weighted by molar-refractivity contribution is 0.457. The molecule has 0 aliphatic heterocycles. The zero-order chi connectivity index (χ0) is 14.3. The van der Waals surface area contributed by atoms with E-state index < -0.39 is 9.05 Å². The minimum atomic E-state index is -3.81. The van der Waals surface area contributed by atoms with Crippen LogP contribution in [0.15, 0.2) is 39.8 Å². The van der Waals surface area contributed by atoms with Gasteiger partial charge in [-0.3, -0.25) is 0 Å². The highest BCUT2D eigenvalue weighted by Gasteiger charge is 2.19. The van der Waals surface area contributed by atoms with Gasteiger partial charge in [-0.1, -0.05) is 18.2 Å². The molecule has 3 aromatic rings. The molecule has 0 spiro atoms. The summed E-state index contributed by atoms with van der Waals surface area (Å²) < 4.78 is 30.3.